The number of anilines is 1. The zero-order valence-electron chi connectivity index (χ0n) is 10.2. The zero-order chi connectivity index (χ0) is 15.1. The molecule has 0 bridgehead atoms. The van der Waals surface area contributed by atoms with E-state index in [0.717, 1.165) is 12.1 Å². The Morgan fingerprint density at radius 3 is 2.20 bits per heavy atom. The van der Waals surface area contributed by atoms with E-state index in [0.29, 0.717) is 37.3 Å². The summed E-state index contributed by atoms with van der Waals surface area (Å²) in [5, 5.41) is 5.44. The molecule has 0 saturated carbocycles. The zero-order valence-corrected chi connectivity index (χ0v) is 11.0. The molecule has 1 saturated heterocycles. The summed E-state index contributed by atoms with van der Waals surface area (Å²) in [6.45, 7) is 0.879. The Balaban J connectivity index is 2.01. The summed E-state index contributed by atoms with van der Waals surface area (Å²) in [6.07, 6.45) is 0.344. The number of hydrogen-bond acceptors (Lipinski definition) is 2. The maximum Gasteiger partial charge on any atom is 0.310 e. The first kappa shape index (κ1) is 14.9. The van der Waals surface area contributed by atoms with Gasteiger partial charge in [-0.2, -0.15) is 0 Å². The van der Waals surface area contributed by atoms with Crippen molar-refractivity contribution in [1.82, 2.24) is 5.32 Å². The van der Waals surface area contributed by atoms with Crippen LogP contribution in [0, 0.1) is 5.92 Å². The SMILES string of the molecule is O=C1CC(CNc2ccc(S(F)(F)(F)(F)F)cc2)CN1. The Morgan fingerprint density at radius 1 is 1.15 bits per heavy atom. The fraction of sp³-hybridized carbons (Fsp3) is 0.364. The van der Waals surface area contributed by atoms with E-state index in [-0.39, 0.29) is 11.8 Å². The molecule has 20 heavy (non-hydrogen) atoms. The third-order valence-corrected chi connectivity index (χ3v) is 4.12. The molecule has 1 unspecified atom stereocenters. The molecule has 1 aliphatic rings. The summed E-state index contributed by atoms with van der Waals surface area (Å²) in [5.41, 5.74) is 0.301. The van der Waals surface area contributed by atoms with Gasteiger partial charge in [0, 0.05) is 31.1 Å². The van der Waals surface area contributed by atoms with Crippen LogP contribution in [0.25, 0.3) is 0 Å². The minimum absolute atomic E-state index is 0.0396. The summed E-state index contributed by atoms with van der Waals surface area (Å²) in [5.74, 6) is -0.0362. The van der Waals surface area contributed by atoms with Crippen LogP contribution in [0.1, 0.15) is 6.42 Å². The lowest BCUT2D eigenvalue weighted by Crippen LogP contribution is -2.18. The number of rotatable bonds is 4. The minimum atomic E-state index is -9.60. The van der Waals surface area contributed by atoms with E-state index in [4.69, 9.17) is 0 Å². The average Bonchev–Trinajstić information content (AvgIpc) is 2.70. The largest absolute Gasteiger partial charge is 0.385 e. The van der Waals surface area contributed by atoms with E-state index in [1.807, 2.05) is 0 Å². The van der Waals surface area contributed by atoms with E-state index in [9.17, 15) is 24.2 Å². The molecule has 1 amide bonds. The first-order chi connectivity index (χ1) is 8.94. The van der Waals surface area contributed by atoms with Gasteiger partial charge in [-0.15, -0.1) is 0 Å². The average molecular weight is 316 g/mol. The van der Waals surface area contributed by atoms with Crippen LogP contribution in [-0.4, -0.2) is 19.0 Å². The molecule has 1 heterocycles. The lowest BCUT2D eigenvalue weighted by atomic mass is 10.1. The number of amides is 1. The second-order valence-corrected chi connectivity index (χ2v) is 7.16. The van der Waals surface area contributed by atoms with Gasteiger partial charge in [0.15, 0.2) is 0 Å². The molecule has 0 radical (unpaired) electrons. The summed E-state index contributed by atoms with van der Waals surface area (Å²) in [4.78, 5) is 9.04. The van der Waals surface area contributed by atoms with Crippen molar-refractivity contribution in [2.75, 3.05) is 18.4 Å². The van der Waals surface area contributed by atoms with Crippen LogP contribution in [0.5, 0.6) is 0 Å². The van der Waals surface area contributed by atoms with Gasteiger partial charge in [0.05, 0.1) is 0 Å². The van der Waals surface area contributed by atoms with Crippen LogP contribution >= 0.6 is 10.2 Å². The van der Waals surface area contributed by atoms with Crippen LogP contribution in [0.3, 0.4) is 0 Å². The topological polar surface area (TPSA) is 41.1 Å². The van der Waals surface area contributed by atoms with E-state index in [1.54, 1.807) is 0 Å². The van der Waals surface area contributed by atoms with Crippen LogP contribution < -0.4 is 10.6 Å². The lowest BCUT2D eigenvalue weighted by molar-refractivity contribution is -0.119. The smallest absolute Gasteiger partial charge is 0.310 e. The Morgan fingerprint density at radius 2 is 1.75 bits per heavy atom. The number of carbonyl (C=O) groups is 1. The Hall–Kier alpha value is -1.51. The third-order valence-electron chi connectivity index (χ3n) is 2.96. The van der Waals surface area contributed by atoms with Gasteiger partial charge in [-0.05, 0) is 24.3 Å². The quantitative estimate of drug-likeness (QED) is 0.827. The van der Waals surface area contributed by atoms with Crippen molar-refractivity contribution < 1.29 is 24.2 Å². The summed E-state index contributed by atoms with van der Waals surface area (Å²) in [6, 6.07) is 2.64. The molecule has 1 fully saturated rings. The van der Waals surface area contributed by atoms with E-state index >= 15 is 0 Å². The molecule has 9 heteroatoms. The Kier molecular flexibility index (Phi) is 2.98. The van der Waals surface area contributed by atoms with Gasteiger partial charge in [-0.1, -0.05) is 19.4 Å². The molecule has 114 valence electrons. The Labute approximate surface area is 112 Å². The van der Waals surface area contributed by atoms with Crippen molar-refractivity contribution in [2.45, 2.75) is 11.3 Å². The minimum Gasteiger partial charge on any atom is -0.385 e. The highest BCUT2D eigenvalue weighted by Gasteiger charge is 2.65. The van der Waals surface area contributed by atoms with Gasteiger partial charge >= 0.3 is 10.2 Å². The van der Waals surface area contributed by atoms with Gasteiger partial charge in [0.25, 0.3) is 0 Å². The summed E-state index contributed by atoms with van der Waals surface area (Å²) < 4.78 is 62.4. The van der Waals surface area contributed by atoms with Crippen molar-refractivity contribution in [3.63, 3.8) is 0 Å². The predicted octanol–water partition coefficient (Wildman–Crippen LogP) is 3.89. The molecule has 0 aliphatic carbocycles. The first-order valence-electron chi connectivity index (χ1n) is 5.79. The third kappa shape index (κ3) is 3.75. The van der Waals surface area contributed by atoms with Crippen LogP contribution in [0.4, 0.5) is 25.1 Å². The molecule has 1 aromatic rings. The fourth-order valence-electron chi connectivity index (χ4n) is 1.90. The van der Waals surface area contributed by atoms with E-state index in [1.165, 1.54) is 0 Å². The van der Waals surface area contributed by atoms with Crippen molar-refractivity contribution in [1.29, 1.82) is 0 Å². The molecule has 2 N–H and O–H groups in total. The van der Waals surface area contributed by atoms with Gasteiger partial charge in [0.2, 0.25) is 5.91 Å². The van der Waals surface area contributed by atoms with Gasteiger partial charge < -0.3 is 10.6 Å². The van der Waals surface area contributed by atoms with Crippen LogP contribution in [0.15, 0.2) is 29.2 Å². The van der Waals surface area contributed by atoms with Crippen LogP contribution in [-0.2, 0) is 4.79 Å². The number of carbonyl (C=O) groups excluding carboxylic acids is 1. The first-order valence-corrected chi connectivity index (χ1v) is 7.74. The summed E-state index contributed by atoms with van der Waals surface area (Å²) >= 11 is 0. The maximum atomic E-state index is 12.5. The second-order valence-electron chi connectivity index (χ2n) is 4.75. The number of halogens is 5. The van der Waals surface area contributed by atoms with Crippen molar-refractivity contribution in [2.24, 2.45) is 5.92 Å². The molecular formula is C11H13F5N2OS. The standard InChI is InChI=1S/C11H13F5N2OS/c12-20(13,14,15,16)10-3-1-9(2-4-10)17-6-8-5-11(19)18-7-8/h1-4,8,17H,5-7H2,(H,18,19). The highest BCUT2D eigenvalue weighted by Crippen LogP contribution is 3.02. The highest BCUT2D eigenvalue weighted by atomic mass is 32.5. The number of hydrogen-bond donors (Lipinski definition) is 2. The number of benzene rings is 1. The van der Waals surface area contributed by atoms with Crippen LogP contribution in [0.2, 0.25) is 0 Å². The van der Waals surface area contributed by atoms with E-state index < -0.39 is 15.1 Å². The molecule has 1 atom stereocenters. The molecule has 2 rings (SSSR count). The normalized spacial score (nSPS) is 22.9. The van der Waals surface area contributed by atoms with Gasteiger partial charge in [-0.3, -0.25) is 4.79 Å². The predicted molar refractivity (Wildman–Crippen MR) is 67.4 cm³/mol. The molecule has 0 aromatic heterocycles. The van der Waals surface area contributed by atoms with Crippen molar-refractivity contribution in [3.8, 4) is 0 Å². The second kappa shape index (κ2) is 4.00. The lowest BCUT2D eigenvalue weighted by Gasteiger charge is -2.40. The molecule has 3 nitrogen and oxygen atoms in total. The molecule has 0 spiro atoms. The van der Waals surface area contributed by atoms with Crippen molar-refractivity contribution in [3.05, 3.63) is 24.3 Å². The van der Waals surface area contributed by atoms with E-state index in [2.05, 4.69) is 10.6 Å². The van der Waals surface area contributed by atoms with Gasteiger partial charge in [-0.25, -0.2) is 0 Å². The molecular weight excluding hydrogens is 303 g/mol. The Bertz CT molecular complexity index is 528. The molecule has 1 aromatic carbocycles. The number of nitrogens with one attached hydrogen (secondary N) is 2. The fourth-order valence-corrected chi connectivity index (χ4v) is 2.55. The molecule has 1 aliphatic heterocycles. The summed E-state index contributed by atoms with van der Waals surface area (Å²) in [7, 11) is -9.60. The maximum absolute atomic E-state index is 12.5. The van der Waals surface area contributed by atoms with Crippen molar-refractivity contribution >= 4 is 21.8 Å². The highest BCUT2D eigenvalue weighted by molar-refractivity contribution is 8.45. The van der Waals surface area contributed by atoms with Gasteiger partial charge in [0.1, 0.15) is 4.90 Å². The monoisotopic (exact) mass is 316 g/mol.